The molecule has 0 atom stereocenters. The van der Waals surface area contributed by atoms with E-state index in [1.807, 2.05) is 7.05 Å². The molecule has 0 aliphatic carbocycles. The van der Waals surface area contributed by atoms with Gasteiger partial charge in [0.2, 0.25) is 0 Å². The molecule has 1 aliphatic heterocycles. The Morgan fingerprint density at radius 3 is 2.70 bits per heavy atom. The maximum atomic E-state index is 5.36. The molecule has 0 aromatic carbocycles. The number of ether oxygens (including phenoxy) is 1. The highest BCUT2D eigenvalue weighted by molar-refractivity contribution is 7.11. The smallest absolute Gasteiger partial charge is 0.191 e. The number of aromatic nitrogens is 1. The average molecular weight is 340 g/mol. The van der Waals surface area contributed by atoms with Crippen molar-refractivity contribution in [2.45, 2.75) is 26.7 Å². The Balaban J connectivity index is 1.64. The van der Waals surface area contributed by atoms with Gasteiger partial charge in [-0.1, -0.05) is 6.92 Å². The molecule has 0 spiro atoms. The summed E-state index contributed by atoms with van der Waals surface area (Å²) in [6.45, 7) is 10.8. The summed E-state index contributed by atoms with van der Waals surface area (Å²) in [7, 11) is 1.81. The second-order valence-corrected chi connectivity index (χ2v) is 6.88. The molecular formula is C16H29N5OS. The minimum Gasteiger partial charge on any atom is -0.379 e. The molecule has 1 fully saturated rings. The number of hydrogen-bond acceptors (Lipinski definition) is 5. The summed E-state index contributed by atoms with van der Waals surface area (Å²) in [6.07, 6.45) is 1.95. The third-order valence-corrected chi connectivity index (χ3v) is 5.02. The van der Waals surface area contributed by atoms with E-state index in [0.717, 1.165) is 64.7 Å². The number of morpholine rings is 1. The van der Waals surface area contributed by atoms with Crippen molar-refractivity contribution in [2.24, 2.45) is 4.99 Å². The molecule has 0 amide bonds. The van der Waals surface area contributed by atoms with Gasteiger partial charge < -0.3 is 15.4 Å². The monoisotopic (exact) mass is 339 g/mol. The molecule has 0 unspecified atom stereocenters. The minimum absolute atomic E-state index is 0.847. The number of nitrogens with one attached hydrogen (secondary N) is 2. The standard InChI is InChI=1S/C16H29N5OS/c1-4-14-13(2)23-15(20-14)5-6-18-16(17-3)19-7-8-21-9-11-22-12-10-21/h4-12H2,1-3H3,(H2,17,18,19). The Kier molecular flexibility index (Phi) is 7.78. The molecule has 0 saturated carbocycles. The summed E-state index contributed by atoms with van der Waals surface area (Å²) in [5.74, 6) is 0.863. The van der Waals surface area contributed by atoms with Gasteiger partial charge in [0.1, 0.15) is 0 Å². The van der Waals surface area contributed by atoms with Crippen molar-refractivity contribution in [1.82, 2.24) is 20.5 Å². The first-order valence-corrected chi connectivity index (χ1v) is 9.24. The van der Waals surface area contributed by atoms with Crippen molar-refractivity contribution < 1.29 is 4.74 Å². The zero-order valence-corrected chi connectivity index (χ0v) is 15.3. The largest absolute Gasteiger partial charge is 0.379 e. The molecule has 1 saturated heterocycles. The van der Waals surface area contributed by atoms with Crippen LogP contribution in [0.15, 0.2) is 4.99 Å². The van der Waals surface area contributed by atoms with Crippen LogP contribution in [0.1, 0.15) is 22.5 Å². The first-order valence-electron chi connectivity index (χ1n) is 8.42. The zero-order chi connectivity index (χ0) is 16.5. The van der Waals surface area contributed by atoms with E-state index in [1.165, 1.54) is 15.6 Å². The van der Waals surface area contributed by atoms with Crippen LogP contribution >= 0.6 is 11.3 Å². The first-order chi connectivity index (χ1) is 11.2. The summed E-state index contributed by atoms with van der Waals surface area (Å²) < 4.78 is 5.36. The van der Waals surface area contributed by atoms with Gasteiger partial charge in [-0.2, -0.15) is 0 Å². The van der Waals surface area contributed by atoms with Crippen LogP contribution in [-0.4, -0.2) is 68.8 Å². The van der Waals surface area contributed by atoms with Crippen molar-refractivity contribution in [3.05, 3.63) is 15.6 Å². The summed E-state index contributed by atoms with van der Waals surface area (Å²) in [6, 6.07) is 0. The van der Waals surface area contributed by atoms with Crippen LogP contribution in [0.4, 0.5) is 0 Å². The summed E-state index contributed by atoms with van der Waals surface area (Å²) in [5, 5.41) is 7.94. The number of hydrogen-bond donors (Lipinski definition) is 2. The van der Waals surface area contributed by atoms with Crippen LogP contribution in [-0.2, 0) is 17.6 Å². The van der Waals surface area contributed by atoms with Crippen LogP contribution in [0.25, 0.3) is 0 Å². The van der Waals surface area contributed by atoms with Crippen LogP contribution in [0, 0.1) is 6.92 Å². The molecule has 23 heavy (non-hydrogen) atoms. The summed E-state index contributed by atoms with van der Waals surface area (Å²) in [5.41, 5.74) is 1.23. The molecule has 6 nitrogen and oxygen atoms in total. The molecule has 7 heteroatoms. The third kappa shape index (κ3) is 6.08. The lowest BCUT2D eigenvalue weighted by Crippen LogP contribution is -2.44. The molecule has 0 bridgehead atoms. The van der Waals surface area contributed by atoms with Gasteiger partial charge in [0.15, 0.2) is 5.96 Å². The van der Waals surface area contributed by atoms with Crippen LogP contribution in [0.2, 0.25) is 0 Å². The normalized spacial score (nSPS) is 16.6. The minimum atomic E-state index is 0.847. The maximum absolute atomic E-state index is 5.36. The molecule has 1 aromatic rings. The zero-order valence-electron chi connectivity index (χ0n) is 14.5. The fraction of sp³-hybridized carbons (Fsp3) is 0.750. The van der Waals surface area contributed by atoms with Crippen LogP contribution < -0.4 is 10.6 Å². The number of aliphatic imine (C=N–C) groups is 1. The lowest BCUT2D eigenvalue weighted by atomic mass is 10.3. The van der Waals surface area contributed by atoms with Gasteiger partial charge in [-0.3, -0.25) is 9.89 Å². The SMILES string of the molecule is CCc1nc(CCNC(=NC)NCCN2CCOCC2)sc1C. The van der Waals surface area contributed by atoms with E-state index < -0.39 is 0 Å². The Hall–Kier alpha value is -1.18. The highest BCUT2D eigenvalue weighted by Gasteiger charge is 2.10. The maximum Gasteiger partial charge on any atom is 0.191 e. The first kappa shape index (κ1) is 18.2. The molecule has 0 radical (unpaired) electrons. The fourth-order valence-corrected chi connectivity index (χ4v) is 3.61. The number of guanidine groups is 1. The Labute approximate surface area is 143 Å². The molecule has 2 N–H and O–H groups in total. The summed E-state index contributed by atoms with van der Waals surface area (Å²) >= 11 is 1.80. The topological polar surface area (TPSA) is 61.8 Å². The van der Waals surface area contributed by atoms with Crippen molar-refractivity contribution in [1.29, 1.82) is 0 Å². The molecule has 2 heterocycles. The highest BCUT2D eigenvalue weighted by Crippen LogP contribution is 2.17. The molecule has 1 aliphatic rings. The van der Waals surface area contributed by atoms with E-state index in [-0.39, 0.29) is 0 Å². The van der Waals surface area contributed by atoms with Gasteiger partial charge in [-0.25, -0.2) is 4.98 Å². The van der Waals surface area contributed by atoms with Crippen molar-refractivity contribution >= 4 is 17.3 Å². The molecule has 130 valence electrons. The quantitative estimate of drug-likeness (QED) is 0.574. The molecule has 1 aromatic heterocycles. The van der Waals surface area contributed by atoms with Gasteiger partial charge in [-0.15, -0.1) is 11.3 Å². The van der Waals surface area contributed by atoms with Gasteiger partial charge >= 0.3 is 0 Å². The van der Waals surface area contributed by atoms with Gasteiger partial charge in [0.25, 0.3) is 0 Å². The second-order valence-electron chi connectivity index (χ2n) is 5.59. The Bertz CT molecular complexity index is 497. The molecule has 2 rings (SSSR count). The van der Waals surface area contributed by atoms with Crippen LogP contribution in [0.5, 0.6) is 0 Å². The van der Waals surface area contributed by atoms with Gasteiger partial charge in [0.05, 0.1) is 23.9 Å². The second kappa shape index (κ2) is 9.85. The van der Waals surface area contributed by atoms with Crippen molar-refractivity contribution in [2.75, 3.05) is 53.0 Å². The average Bonchev–Trinajstić information content (AvgIpc) is 2.94. The molecular weight excluding hydrogens is 310 g/mol. The predicted molar refractivity (Wildman–Crippen MR) is 96.6 cm³/mol. The van der Waals surface area contributed by atoms with Crippen molar-refractivity contribution in [3.63, 3.8) is 0 Å². The lowest BCUT2D eigenvalue weighted by Gasteiger charge is -2.26. The number of rotatable bonds is 7. The van der Waals surface area contributed by atoms with Crippen LogP contribution in [0.3, 0.4) is 0 Å². The number of nitrogens with zero attached hydrogens (tertiary/aromatic N) is 3. The Morgan fingerprint density at radius 2 is 2.04 bits per heavy atom. The number of aryl methyl sites for hydroxylation is 2. The fourth-order valence-electron chi connectivity index (χ4n) is 2.59. The van der Waals surface area contributed by atoms with E-state index in [0.29, 0.717) is 0 Å². The van der Waals surface area contributed by atoms with E-state index in [1.54, 1.807) is 11.3 Å². The lowest BCUT2D eigenvalue weighted by molar-refractivity contribution is 0.0389. The third-order valence-electron chi connectivity index (χ3n) is 3.95. The van der Waals surface area contributed by atoms with E-state index in [4.69, 9.17) is 4.74 Å². The summed E-state index contributed by atoms with van der Waals surface area (Å²) in [4.78, 5) is 12.7. The Morgan fingerprint density at radius 1 is 1.30 bits per heavy atom. The van der Waals surface area contributed by atoms with Crippen molar-refractivity contribution in [3.8, 4) is 0 Å². The van der Waals surface area contributed by atoms with Gasteiger partial charge in [-0.05, 0) is 13.3 Å². The predicted octanol–water partition coefficient (Wildman–Crippen LogP) is 1.05. The van der Waals surface area contributed by atoms with E-state index in [9.17, 15) is 0 Å². The van der Waals surface area contributed by atoms with E-state index in [2.05, 4.69) is 39.4 Å². The van der Waals surface area contributed by atoms with Gasteiger partial charge in [0, 0.05) is 51.1 Å². The highest BCUT2D eigenvalue weighted by atomic mass is 32.1. The van der Waals surface area contributed by atoms with E-state index >= 15 is 0 Å². The number of thiazole rings is 1.